The third-order valence-corrected chi connectivity index (χ3v) is 3.15. The summed E-state index contributed by atoms with van der Waals surface area (Å²) in [6.07, 6.45) is 0. The van der Waals surface area contributed by atoms with Gasteiger partial charge >= 0.3 is 0 Å². The highest BCUT2D eigenvalue weighted by atomic mass is 35.5. The fourth-order valence-electron chi connectivity index (χ4n) is 1.71. The molecule has 20 heavy (non-hydrogen) atoms. The van der Waals surface area contributed by atoms with Crippen LogP contribution in [0.15, 0.2) is 29.3 Å². The van der Waals surface area contributed by atoms with Gasteiger partial charge in [0.15, 0.2) is 5.96 Å². The molecule has 0 bridgehead atoms. The van der Waals surface area contributed by atoms with Crippen molar-refractivity contribution in [2.75, 3.05) is 26.7 Å². The molecule has 1 rings (SSSR count). The van der Waals surface area contributed by atoms with Crippen molar-refractivity contribution in [3.63, 3.8) is 0 Å². The molecule has 1 atom stereocenters. The highest BCUT2D eigenvalue weighted by molar-refractivity contribution is 6.30. The Labute approximate surface area is 126 Å². The summed E-state index contributed by atoms with van der Waals surface area (Å²) in [4.78, 5) is 6.61. The van der Waals surface area contributed by atoms with Crippen LogP contribution < -0.4 is 5.32 Å². The van der Waals surface area contributed by atoms with Crippen molar-refractivity contribution in [2.45, 2.75) is 20.4 Å². The molecule has 0 aliphatic carbocycles. The minimum Gasteiger partial charge on any atom is -0.396 e. The normalized spacial score (nSPS) is 13.2. The second kappa shape index (κ2) is 8.82. The first kappa shape index (κ1) is 16.8. The molecule has 0 radical (unpaired) electrons. The maximum absolute atomic E-state index is 9.06. The van der Waals surface area contributed by atoms with Gasteiger partial charge in [-0.3, -0.25) is 4.99 Å². The predicted molar refractivity (Wildman–Crippen MR) is 85.1 cm³/mol. The molecule has 112 valence electrons. The van der Waals surface area contributed by atoms with Crippen LogP contribution in [0.5, 0.6) is 0 Å². The minimum absolute atomic E-state index is 0.157. The Bertz CT molecular complexity index is 420. The van der Waals surface area contributed by atoms with Crippen molar-refractivity contribution >= 4 is 17.6 Å². The standard InChI is InChI=1S/C15H24ClN3O/c1-4-17-15(18-9-12(2)11-20)19(3)10-13-5-7-14(16)8-6-13/h5-8,12,20H,4,9-11H2,1-3H3,(H,17,18). The van der Waals surface area contributed by atoms with Gasteiger partial charge in [-0.1, -0.05) is 30.7 Å². The topological polar surface area (TPSA) is 47.9 Å². The summed E-state index contributed by atoms with van der Waals surface area (Å²) in [6.45, 7) is 6.37. The van der Waals surface area contributed by atoms with E-state index in [1.807, 2.05) is 45.2 Å². The molecule has 0 amide bonds. The molecule has 0 saturated heterocycles. The number of hydrogen-bond acceptors (Lipinski definition) is 2. The van der Waals surface area contributed by atoms with Crippen LogP contribution in [0.4, 0.5) is 0 Å². The molecule has 1 aromatic rings. The number of guanidine groups is 1. The van der Waals surface area contributed by atoms with Crippen LogP contribution in [0, 0.1) is 5.92 Å². The number of halogens is 1. The molecule has 1 aromatic carbocycles. The average molecular weight is 298 g/mol. The van der Waals surface area contributed by atoms with Crippen LogP contribution in [-0.2, 0) is 6.54 Å². The molecular formula is C15H24ClN3O. The number of aliphatic imine (C=N–C) groups is 1. The number of aliphatic hydroxyl groups is 1. The van der Waals surface area contributed by atoms with E-state index in [1.165, 1.54) is 5.56 Å². The average Bonchev–Trinajstić information content (AvgIpc) is 2.45. The lowest BCUT2D eigenvalue weighted by Crippen LogP contribution is -2.38. The third-order valence-electron chi connectivity index (χ3n) is 2.89. The van der Waals surface area contributed by atoms with Crippen molar-refractivity contribution in [2.24, 2.45) is 10.9 Å². The predicted octanol–water partition coefficient (Wildman–Crippen LogP) is 2.37. The van der Waals surface area contributed by atoms with Gasteiger partial charge in [-0.15, -0.1) is 0 Å². The Balaban J connectivity index is 2.67. The molecule has 0 aliphatic rings. The molecule has 0 aromatic heterocycles. The van der Waals surface area contributed by atoms with Gasteiger partial charge in [0.1, 0.15) is 0 Å². The van der Waals surface area contributed by atoms with E-state index in [0.717, 1.165) is 24.1 Å². The summed E-state index contributed by atoms with van der Waals surface area (Å²) in [6, 6.07) is 7.81. The van der Waals surface area contributed by atoms with Crippen LogP contribution >= 0.6 is 11.6 Å². The van der Waals surface area contributed by atoms with E-state index in [9.17, 15) is 0 Å². The molecule has 0 spiro atoms. The van der Waals surface area contributed by atoms with Crippen molar-refractivity contribution in [1.29, 1.82) is 0 Å². The number of rotatable bonds is 6. The molecular weight excluding hydrogens is 274 g/mol. The Morgan fingerprint density at radius 3 is 2.60 bits per heavy atom. The maximum Gasteiger partial charge on any atom is 0.193 e. The van der Waals surface area contributed by atoms with E-state index >= 15 is 0 Å². The van der Waals surface area contributed by atoms with Crippen LogP contribution in [0.1, 0.15) is 19.4 Å². The second-order valence-corrected chi connectivity index (χ2v) is 5.40. The first-order valence-electron chi connectivity index (χ1n) is 6.91. The summed E-state index contributed by atoms with van der Waals surface area (Å²) in [5.41, 5.74) is 1.18. The smallest absolute Gasteiger partial charge is 0.193 e. The van der Waals surface area contributed by atoms with Crippen LogP contribution in [0.2, 0.25) is 5.02 Å². The number of hydrogen-bond donors (Lipinski definition) is 2. The van der Waals surface area contributed by atoms with E-state index in [-0.39, 0.29) is 12.5 Å². The lowest BCUT2D eigenvalue weighted by Gasteiger charge is -2.22. The van der Waals surface area contributed by atoms with Crippen molar-refractivity contribution in [3.8, 4) is 0 Å². The molecule has 1 unspecified atom stereocenters. The van der Waals surface area contributed by atoms with Gasteiger partial charge in [0.25, 0.3) is 0 Å². The SMILES string of the molecule is CCNC(=NCC(C)CO)N(C)Cc1ccc(Cl)cc1. The zero-order chi connectivity index (χ0) is 15.0. The fraction of sp³-hybridized carbons (Fsp3) is 0.533. The van der Waals surface area contributed by atoms with E-state index in [1.54, 1.807) is 0 Å². The summed E-state index contributed by atoms with van der Waals surface area (Å²) < 4.78 is 0. The van der Waals surface area contributed by atoms with Crippen LogP contribution in [0.3, 0.4) is 0 Å². The van der Waals surface area contributed by atoms with E-state index in [2.05, 4.69) is 15.2 Å². The third kappa shape index (κ3) is 5.80. The first-order valence-corrected chi connectivity index (χ1v) is 7.29. The number of nitrogens with zero attached hydrogens (tertiary/aromatic N) is 2. The number of benzene rings is 1. The van der Waals surface area contributed by atoms with E-state index in [0.29, 0.717) is 6.54 Å². The van der Waals surface area contributed by atoms with Gasteiger partial charge in [-0.25, -0.2) is 0 Å². The summed E-state index contributed by atoms with van der Waals surface area (Å²) >= 11 is 5.89. The summed E-state index contributed by atoms with van der Waals surface area (Å²) in [5.74, 6) is 1.02. The molecule has 5 heteroatoms. The number of aliphatic hydroxyl groups excluding tert-OH is 1. The monoisotopic (exact) mass is 297 g/mol. The maximum atomic E-state index is 9.06. The molecule has 4 nitrogen and oxygen atoms in total. The van der Waals surface area contributed by atoms with Crippen LogP contribution in [-0.4, -0.2) is 42.7 Å². The summed E-state index contributed by atoms with van der Waals surface area (Å²) in [5, 5.41) is 13.1. The Morgan fingerprint density at radius 2 is 2.05 bits per heavy atom. The Morgan fingerprint density at radius 1 is 1.40 bits per heavy atom. The van der Waals surface area contributed by atoms with Gasteiger partial charge in [0.2, 0.25) is 0 Å². The van der Waals surface area contributed by atoms with Crippen molar-refractivity contribution < 1.29 is 5.11 Å². The quantitative estimate of drug-likeness (QED) is 0.626. The van der Waals surface area contributed by atoms with Gasteiger partial charge in [-0.2, -0.15) is 0 Å². The van der Waals surface area contributed by atoms with Gasteiger partial charge < -0.3 is 15.3 Å². The van der Waals surface area contributed by atoms with Gasteiger partial charge in [0, 0.05) is 38.3 Å². The molecule has 0 heterocycles. The number of nitrogens with one attached hydrogen (secondary N) is 1. The summed E-state index contributed by atoms with van der Waals surface area (Å²) in [7, 11) is 2.00. The molecule has 2 N–H and O–H groups in total. The lowest BCUT2D eigenvalue weighted by atomic mass is 10.2. The van der Waals surface area contributed by atoms with Gasteiger partial charge in [-0.05, 0) is 30.5 Å². The van der Waals surface area contributed by atoms with Crippen molar-refractivity contribution in [3.05, 3.63) is 34.9 Å². The van der Waals surface area contributed by atoms with Crippen molar-refractivity contribution in [1.82, 2.24) is 10.2 Å². The molecule has 0 aliphatic heterocycles. The Kier molecular flexibility index (Phi) is 7.41. The zero-order valence-electron chi connectivity index (χ0n) is 12.4. The molecule has 0 fully saturated rings. The lowest BCUT2D eigenvalue weighted by molar-refractivity contribution is 0.241. The van der Waals surface area contributed by atoms with E-state index in [4.69, 9.17) is 16.7 Å². The van der Waals surface area contributed by atoms with Gasteiger partial charge in [0.05, 0.1) is 0 Å². The Hall–Kier alpha value is -1.26. The molecule has 0 saturated carbocycles. The van der Waals surface area contributed by atoms with E-state index < -0.39 is 0 Å². The highest BCUT2D eigenvalue weighted by Gasteiger charge is 2.07. The highest BCUT2D eigenvalue weighted by Crippen LogP contribution is 2.11. The largest absolute Gasteiger partial charge is 0.396 e. The van der Waals surface area contributed by atoms with Crippen LogP contribution in [0.25, 0.3) is 0 Å². The minimum atomic E-state index is 0.157. The second-order valence-electron chi connectivity index (χ2n) is 4.96. The fourth-order valence-corrected chi connectivity index (χ4v) is 1.83. The first-order chi connectivity index (χ1) is 9.56. The zero-order valence-corrected chi connectivity index (χ0v) is 13.2.